The van der Waals surface area contributed by atoms with Gasteiger partial charge in [-0.15, -0.1) is 0 Å². The Balaban J connectivity index is 1.43. The molecule has 5 N–H and O–H groups in total. The summed E-state index contributed by atoms with van der Waals surface area (Å²) in [6.07, 6.45) is 5.60. The number of carbonyl (C=O) groups is 1. The molecule has 9 nitrogen and oxygen atoms in total. The van der Waals surface area contributed by atoms with Crippen LogP contribution in [-0.2, 0) is 13.0 Å². The zero-order chi connectivity index (χ0) is 26.0. The van der Waals surface area contributed by atoms with Gasteiger partial charge < -0.3 is 26.0 Å². The van der Waals surface area contributed by atoms with E-state index in [4.69, 9.17) is 11.5 Å². The van der Waals surface area contributed by atoms with Crippen LogP contribution < -0.4 is 21.8 Å². The molecule has 0 spiro atoms. The van der Waals surface area contributed by atoms with Crippen LogP contribution in [0.2, 0.25) is 0 Å². The molecule has 0 bridgehead atoms. The zero-order valence-electron chi connectivity index (χ0n) is 20.2. The highest BCUT2D eigenvalue weighted by Gasteiger charge is 2.29. The van der Waals surface area contributed by atoms with Gasteiger partial charge in [0.05, 0.1) is 5.52 Å². The molecule has 2 aromatic carbocycles. The lowest BCUT2D eigenvalue weighted by molar-refractivity contribution is 0.0695. The van der Waals surface area contributed by atoms with Gasteiger partial charge >= 0.3 is 5.97 Å². The summed E-state index contributed by atoms with van der Waals surface area (Å²) in [6.45, 7) is 3.09. The maximum Gasteiger partial charge on any atom is 0.341 e. The average molecular weight is 501 g/mol. The summed E-state index contributed by atoms with van der Waals surface area (Å²) in [5.74, 6) is -1.38. The highest BCUT2D eigenvalue weighted by Crippen LogP contribution is 2.41. The number of nitrogens with two attached hydrogens (primary N) is 2. The van der Waals surface area contributed by atoms with Gasteiger partial charge in [0.1, 0.15) is 17.2 Å². The van der Waals surface area contributed by atoms with E-state index in [1.54, 1.807) is 13.1 Å². The smallest absolute Gasteiger partial charge is 0.341 e. The quantitative estimate of drug-likeness (QED) is 0.377. The van der Waals surface area contributed by atoms with E-state index in [0.29, 0.717) is 34.6 Å². The molecule has 2 aliphatic rings. The van der Waals surface area contributed by atoms with Crippen molar-refractivity contribution in [2.45, 2.75) is 38.8 Å². The van der Waals surface area contributed by atoms with Crippen molar-refractivity contribution in [1.82, 2.24) is 14.5 Å². The molecule has 1 aliphatic heterocycles. The molecule has 10 heteroatoms. The summed E-state index contributed by atoms with van der Waals surface area (Å²) in [4.78, 5) is 34.8. The topological polar surface area (TPSA) is 140 Å². The van der Waals surface area contributed by atoms with Gasteiger partial charge in [-0.2, -0.15) is 4.98 Å². The monoisotopic (exact) mass is 500 g/mol. The number of carboxylic acids is 1. The van der Waals surface area contributed by atoms with E-state index in [2.05, 4.69) is 14.9 Å². The largest absolute Gasteiger partial charge is 0.477 e. The number of aromatic nitrogens is 3. The van der Waals surface area contributed by atoms with E-state index < -0.39 is 17.2 Å². The number of benzene rings is 2. The van der Waals surface area contributed by atoms with Gasteiger partial charge in [0.2, 0.25) is 11.4 Å². The van der Waals surface area contributed by atoms with Crippen LogP contribution in [0.4, 0.5) is 21.8 Å². The standard InChI is InChI=1S/C27H25FN6O3/c1-13-22(20(28)9-18-23(13)34(17-3-4-17)12-19(24(18)35)26(36)37)15-2-5-21-14(8-15)6-7-33(21)11-16-10-31-27(30)32-25(16)29/h2,5,8-10,12,17H,3-4,6-7,11H2,1H3,(H,36,37)(H4,29,30,31,32). The fourth-order valence-corrected chi connectivity index (χ4v) is 5.38. The molecule has 37 heavy (non-hydrogen) atoms. The lowest BCUT2D eigenvalue weighted by Crippen LogP contribution is -2.21. The predicted octanol–water partition coefficient (Wildman–Crippen LogP) is 3.67. The molecule has 0 radical (unpaired) electrons. The molecule has 4 aromatic rings. The van der Waals surface area contributed by atoms with Gasteiger partial charge in [0.15, 0.2) is 0 Å². The first kappa shape index (κ1) is 23.0. The molecule has 188 valence electrons. The second-order valence-electron chi connectivity index (χ2n) is 9.72. The van der Waals surface area contributed by atoms with Crippen molar-refractivity contribution < 1.29 is 14.3 Å². The number of nitrogen functional groups attached to an aromatic ring is 2. The third kappa shape index (κ3) is 3.76. The number of hydrogen-bond acceptors (Lipinski definition) is 7. The number of fused-ring (bicyclic) bond motifs is 2. The first-order chi connectivity index (χ1) is 17.7. The second kappa shape index (κ2) is 8.29. The molecule has 1 aliphatic carbocycles. The molecular formula is C27H25FN6O3. The molecule has 3 heterocycles. The maximum atomic E-state index is 15.6. The van der Waals surface area contributed by atoms with Crippen LogP contribution >= 0.6 is 0 Å². The molecule has 0 saturated heterocycles. The van der Waals surface area contributed by atoms with Crippen LogP contribution in [0.25, 0.3) is 22.0 Å². The molecule has 6 rings (SSSR count). The Labute approximate surface area is 211 Å². The fourth-order valence-electron chi connectivity index (χ4n) is 5.38. The van der Waals surface area contributed by atoms with Crippen molar-refractivity contribution in [2.24, 2.45) is 0 Å². The van der Waals surface area contributed by atoms with Crippen molar-refractivity contribution in [3.8, 4) is 11.1 Å². The number of carboxylic acid groups (broad SMARTS) is 1. The minimum absolute atomic E-state index is 0.0983. The lowest BCUT2D eigenvalue weighted by Gasteiger charge is -2.21. The second-order valence-corrected chi connectivity index (χ2v) is 9.72. The Morgan fingerprint density at radius 2 is 2.03 bits per heavy atom. The highest BCUT2D eigenvalue weighted by molar-refractivity contribution is 5.96. The third-order valence-corrected chi connectivity index (χ3v) is 7.32. The average Bonchev–Trinajstić information content (AvgIpc) is 3.62. The van der Waals surface area contributed by atoms with Crippen molar-refractivity contribution in [3.63, 3.8) is 0 Å². The Morgan fingerprint density at radius 1 is 1.24 bits per heavy atom. The van der Waals surface area contributed by atoms with Gasteiger partial charge in [-0.1, -0.05) is 6.07 Å². The number of nitrogens with zero attached hydrogens (tertiary/aromatic N) is 4. The van der Waals surface area contributed by atoms with Gasteiger partial charge in [0, 0.05) is 53.7 Å². The van der Waals surface area contributed by atoms with E-state index in [9.17, 15) is 14.7 Å². The summed E-state index contributed by atoms with van der Waals surface area (Å²) in [6, 6.07) is 7.13. The Kier molecular flexibility index (Phi) is 5.15. The first-order valence-electron chi connectivity index (χ1n) is 12.1. The molecular weight excluding hydrogens is 475 g/mol. The highest BCUT2D eigenvalue weighted by atomic mass is 19.1. The van der Waals surface area contributed by atoms with Crippen molar-refractivity contribution in [1.29, 1.82) is 0 Å². The van der Waals surface area contributed by atoms with E-state index in [1.807, 2.05) is 22.8 Å². The Morgan fingerprint density at radius 3 is 2.73 bits per heavy atom. The van der Waals surface area contributed by atoms with Crippen LogP contribution in [0.3, 0.4) is 0 Å². The predicted molar refractivity (Wildman–Crippen MR) is 139 cm³/mol. The van der Waals surface area contributed by atoms with Gasteiger partial charge in [0.25, 0.3) is 0 Å². The van der Waals surface area contributed by atoms with Gasteiger partial charge in [-0.25, -0.2) is 14.2 Å². The van der Waals surface area contributed by atoms with Crippen LogP contribution in [0.15, 0.2) is 41.5 Å². The van der Waals surface area contributed by atoms with Crippen molar-refractivity contribution >= 4 is 34.3 Å². The summed E-state index contributed by atoms with van der Waals surface area (Å²) >= 11 is 0. The normalized spacial score (nSPS) is 14.8. The van der Waals surface area contributed by atoms with Crippen LogP contribution in [-0.4, -0.2) is 32.2 Å². The summed E-state index contributed by atoms with van der Waals surface area (Å²) < 4.78 is 17.4. The number of hydrogen-bond donors (Lipinski definition) is 3. The molecule has 0 unspecified atom stereocenters. The number of aromatic carboxylic acids is 1. The van der Waals surface area contributed by atoms with E-state index in [1.165, 1.54) is 12.3 Å². The molecule has 1 fully saturated rings. The fraction of sp³-hybridized carbons (Fsp3) is 0.259. The van der Waals surface area contributed by atoms with Crippen LogP contribution in [0.1, 0.15) is 45.9 Å². The van der Waals surface area contributed by atoms with Gasteiger partial charge in [-0.3, -0.25) is 4.79 Å². The van der Waals surface area contributed by atoms with Crippen molar-refractivity contribution in [2.75, 3.05) is 22.9 Å². The van der Waals surface area contributed by atoms with E-state index in [0.717, 1.165) is 42.6 Å². The summed E-state index contributed by atoms with van der Waals surface area (Å²) in [5.41, 5.74) is 15.9. The van der Waals surface area contributed by atoms with Crippen molar-refractivity contribution in [3.05, 3.63) is 75.0 Å². The molecule has 0 amide bonds. The summed E-state index contributed by atoms with van der Waals surface area (Å²) in [7, 11) is 0. The molecule has 0 atom stereocenters. The number of halogens is 1. The Hall–Kier alpha value is -4.47. The number of aryl methyl sites for hydroxylation is 1. The zero-order valence-corrected chi connectivity index (χ0v) is 20.2. The van der Waals surface area contributed by atoms with Crippen LogP contribution in [0.5, 0.6) is 0 Å². The van der Waals surface area contributed by atoms with Gasteiger partial charge in [-0.05, 0) is 61.1 Å². The Bertz CT molecular complexity index is 1680. The first-order valence-corrected chi connectivity index (χ1v) is 12.1. The minimum Gasteiger partial charge on any atom is -0.477 e. The van der Waals surface area contributed by atoms with Crippen LogP contribution in [0, 0.1) is 12.7 Å². The molecule has 2 aromatic heterocycles. The number of anilines is 3. The maximum absolute atomic E-state index is 15.6. The lowest BCUT2D eigenvalue weighted by atomic mass is 9.94. The molecule has 1 saturated carbocycles. The minimum atomic E-state index is -1.31. The number of rotatable bonds is 5. The third-order valence-electron chi connectivity index (χ3n) is 7.32. The number of pyridine rings is 1. The SMILES string of the molecule is Cc1c(-c2ccc3c(c2)CCN3Cc2cnc(N)nc2N)c(F)cc2c(=O)c(C(=O)O)cn(C3CC3)c12. The van der Waals surface area contributed by atoms with E-state index >= 15 is 4.39 Å². The van der Waals surface area contributed by atoms with E-state index in [-0.39, 0.29) is 22.9 Å². The summed E-state index contributed by atoms with van der Waals surface area (Å²) in [5, 5.41) is 9.62.